The number of anilines is 1. The molecule has 1 aliphatic rings. The molecule has 2 aromatic rings. The van der Waals surface area contributed by atoms with Gasteiger partial charge in [0.1, 0.15) is 10.8 Å². The van der Waals surface area contributed by atoms with E-state index in [1.54, 1.807) is 0 Å². The van der Waals surface area contributed by atoms with Gasteiger partial charge in [-0.15, -0.1) is 11.3 Å². The van der Waals surface area contributed by atoms with Gasteiger partial charge in [-0.05, 0) is 61.3 Å². The van der Waals surface area contributed by atoms with E-state index in [4.69, 9.17) is 9.47 Å². The average molecular weight is 430 g/mol. The molecule has 0 saturated heterocycles. The summed E-state index contributed by atoms with van der Waals surface area (Å²) in [6.07, 6.45) is 6.00. The summed E-state index contributed by atoms with van der Waals surface area (Å²) in [5.41, 5.74) is 2.90. The Morgan fingerprint density at radius 2 is 2.00 bits per heavy atom. The van der Waals surface area contributed by atoms with Crippen molar-refractivity contribution < 1.29 is 19.1 Å². The minimum absolute atomic E-state index is 0.103. The number of hydrogen-bond donors (Lipinski definition) is 1. The molecule has 0 fully saturated rings. The van der Waals surface area contributed by atoms with Crippen molar-refractivity contribution in [2.24, 2.45) is 5.92 Å². The number of esters is 1. The first-order valence-electron chi connectivity index (χ1n) is 10.8. The number of aryl methyl sites for hydroxylation is 1. The Bertz CT molecular complexity index is 872. The number of amides is 1. The van der Waals surface area contributed by atoms with Crippen molar-refractivity contribution in [1.29, 1.82) is 0 Å². The fraction of sp³-hybridized carbons (Fsp3) is 0.500. The molecule has 162 valence electrons. The molecule has 3 rings (SSSR count). The molecule has 1 aromatic carbocycles. The van der Waals surface area contributed by atoms with Crippen LogP contribution in [-0.2, 0) is 28.8 Å². The zero-order valence-corrected chi connectivity index (χ0v) is 18.9. The molecule has 1 heterocycles. The molecule has 30 heavy (non-hydrogen) atoms. The van der Waals surface area contributed by atoms with Gasteiger partial charge in [0.2, 0.25) is 5.91 Å². The smallest absolute Gasteiger partial charge is 0.341 e. The van der Waals surface area contributed by atoms with Gasteiger partial charge in [0, 0.05) is 11.3 Å². The van der Waals surface area contributed by atoms with Crippen LogP contribution in [0.25, 0.3) is 0 Å². The highest BCUT2D eigenvalue weighted by Gasteiger charge is 2.28. The van der Waals surface area contributed by atoms with Crippen molar-refractivity contribution in [1.82, 2.24) is 0 Å². The van der Waals surface area contributed by atoms with Crippen LogP contribution in [0.3, 0.4) is 0 Å². The van der Waals surface area contributed by atoms with E-state index in [1.807, 2.05) is 12.1 Å². The van der Waals surface area contributed by atoms with Crippen LogP contribution in [0.1, 0.15) is 65.9 Å². The van der Waals surface area contributed by atoms with Gasteiger partial charge < -0.3 is 14.8 Å². The van der Waals surface area contributed by atoms with E-state index in [0.29, 0.717) is 35.9 Å². The highest BCUT2D eigenvalue weighted by molar-refractivity contribution is 7.17. The third kappa shape index (κ3) is 5.63. The van der Waals surface area contributed by atoms with Crippen LogP contribution in [0.15, 0.2) is 24.3 Å². The lowest BCUT2D eigenvalue weighted by molar-refractivity contribution is -0.116. The Morgan fingerprint density at radius 3 is 2.70 bits per heavy atom. The molecular weight excluding hydrogens is 398 g/mol. The number of ether oxygens (including phenoxy) is 2. The maximum absolute atomic E-state index is 12.5. The first-order valence-corrected chi connectivity index (χ1v) is 11.6. The number of hydrogen-bond acceptors (Lipinski definition) is 5. The van der Waals surface area contributed by atoms with Gasteiger partial charge in [-0.1, -0.05) is 32.4 Å². The number of methoxy groups -OCH3 is 1. The van der Waals surface area contributed by atoms with Crippen molar-refractivity contribution in [3.63, 3.8) is 0 Å². The maximum atomic E-state index is 12.5. The van der Waals surface area contributed by atoms with Crippen LogP contribution in [0.2, 0.25) is 0 Å². The number of fused-ring (bicyclic) bond motifs is 1. The van der Waals surface area contributed by atoms with Gasteiger partial charge in [-0.3, -0.25) is 4.79 Å². The van der Waals surface area contributed by atoms with Crippen LogP contribution < -0.4 is 10.1 Å². The third-order valence-corrected chi connectivity index (χ3v) is 6.60. The summed E-state index contributed by atoms with van der Waals surface area (Å²) >= 11 is 1.52. The average Bonchev–Trinajstić information content (AvgIpc) is 3.08. The van der Waals surface area contributed by atoms with E-state index in [0.717, 1.165) is 43.4 Å². The number of benzene rings is 1. The van der Waals surface area contributed by atoms with Crippen molar-refractivity contribution >= 4 is 28.2 Å². The normalized spacial score (nSPS) is 15.4. The van der Waals surface area contributed by atoms with Gasteiger partial charge in [0.15, 0.2) is 0 Å². The molecule has 6 heteroatoms. The Balaban J connectivity index is 1.53. The summed E-state index contributed by atoms with van der Waals surface area (Å²) in [5.74, 6) is 0.947. The Hall–Kier alpha value is -2.34. The Morgan fingerprint density at radius 1 is 1.23 bits per heavy atom. The summed E-state index contributed by atoms with van der Waals surface area (Å²) < 4.78 is 10.7. The molecule has 1 amide bonds. The number of rotatable bonds is 9. The summed E-state index contributed by atoms with van der Waals surface area (Å²) in [5, 5.41) is 3.56. The molecule has 0 spiro atoms. The van der Waals surface area contributed by atoms with Crippen molar-refractivity contribution in [2.45, 2.75) is 58.8 Å². The number of nitrogens with one attached hydrogen (secondary N) is 1. The van der Waals surface area contributed by atoms with Crippen LogP contribution in [0.4, 0.5) is 5.00 Å². The lowest BCUT2D eigenvalue weighted by atomic mass is 9.88. The van der Waals surface area contributed by atoms with Crippen LogP contribution in [0, 0.1) is 5.92 Å². The first kappa shape index (κ1) is 22.3. The lowest BCUT2D eigenvalue weighted by Crippen LogP contribution is -2.16. The van der Waals surface area contributed by atoms with Crippen LogP contribution in [0.5, 0.6) is 5.75 Å². The maximum Gasteiger partial charge on any atom is 0.341 e. The zero-order valence-electron chi connectivity index (χ0n) is 18.1. The predicted octanol–water partition coefficient (Wildman–Crippen LogP) is 5.41. The molecule has 1 aromatic heterocycles. The SMILES string of the molecule is CCCc1ccc(OCCCC(=O)Nc2sc3c(c2C(=O)OC)CCC(C)C3)cc1. The molecule has 0 radical (unpaired) electrons. The molecule has 1 unspecified atom stereocenters. The second kappa shape index (κ2) is 10.6. The third-order valence-electron chi connectivity index (χ3n) is 5.43. The fourth-order valence-corrected chi connectivity index (χ4v) is 5.22. The van der Waals surface area contributed by atoms with E-state index in [1.165, 1.54) is 28.9 Å². The van der Waals surface area contributed by atoms with Crippen molar-refractivity contribution in [2.75, 3.05) is 19.0 Å². The van der Waals surface area contributed by atoms with Gasteiger partial charge in [-0.25, -0.2) is 4.79 Å². The lowest BCUT2D eigenvalue weighted by Gasteiger charge is -2.18. The predicted molar refractivity (Wildman–Crippen MR) is 121 cm³/mol. The van der Waals surface area contributed by atoms with E-state index in [2.05, 4.69) is 31.3 Å². The fourth-order valence-electron chi connectivity index (χ4n) is 3.81. The van der Waals surface area contributed by atoms with Crippen LogP contribution >= 0.6 is 11.3 Å². The van der Waals surface area contributed by atoms with Gasteiger partial charge >= 0.3 is 5.97 Å². The molecule has 0 bridgehead atoms. The number of carbonyl (C=O) groups is 2. The zero-order chi connectivity index (χ0) is 21.5. The minimum Gasteiger partial charge on any atom is -0.494 e. The highest BCUT2D eigenvalue weighted by Crippen LogP contribution is 2.40. The van der Waals surface area contributed by atoms with Crippen molar-refractivity contribution in [3.8, 4) is 5.75 Å². The molecule has 5 nitrogen and oxygen atoms in total. The van der Waals surface area contributed by atoms with E-state index in [9.17, 15) is 9.59 Å². The van der Waals surface area contributed by atoms with Gasteiger partial charge in [0.25, 0.3) is 0 Å². The number of carbonyl (C=O) groups excluding carboxylic acids is 2. The standard InChI is InChI=1S/C24H31NO4S/c1-4-6-17-9-11-18(12-10-17)29-14-5-7-21(26)25-23-22(24(27)28-3)19-13-8-16(2)15-20(19)30-23/h9-12,16H,4-8,13-15H2,1-3H3,(H,25,26). The van der Waals surface area contributed by atoms with E-state index >= 15 is 0 Å². The molecule has 1 atom stereocenters. The summed E-state index contributed by atoms with van der Waals surface area (Å²) in [6.45, 7) is 4.86. The molecular formula is C24H31NO4S. The quantitative estimate of drug-likeness (QED) is 0.428. The second-order valence-corrected chi connectivity index (χ2v) is 9.05. The number of thiophene rings is 1. The Labute approximate surface area is 182 Å². The molecule has 0 aliphatic heterocycles. The molecule has 1 aliphatic carbocycles. The van der Waals surface area contributed by atoms with Crippen LogP contribution in [-0.4, -0.2) is 25.6 Å². The van der Waals surface area contributed by atoms with Gasteiger partial charge in [0.05, 0.1) is 19.3 Å². The molecule has 1 N–H and O–H groups in total. The van der Waals surface area contributed by atoms with Crippen molar-refractivity contribution in [3.05, 3.63) is 45.8 Å². The Kier molecular flexibility index (Phi) is 7.91. The minimum atomic E-state index is -0.368. The summed E-state index contributed by atoms with van der Waals surface area (Å²) in [4.78, 5) is 26.0. The van der Waals surface area contributed by atoms with E-state index in [-0.39, 0.29) is 11.9 Å². The van der Waals surface area contributed by atoms with E-state index < -0.39 is 0 Å². The first-order chi connectivity index (χ1) is 14.5. The van der Waals surface area contributed by atoms with Gasteiger partial charge in [-0.2, -0.15) is 0 Å². The molecule has 0 saturated carbocycles. The summed E-state index contributed by atoms with van der Waals surface area (Å²) in [6, 6.07) is 8.12. The summed E-state index contributed by atoms with van der Waals surface area (Å²) in [7, 11) is 1.38. The second-order valence-electron chi connectivity index (χ2n) is 7.94. The monoisotopic (exact) mass is 429 g/mol. The topological polar surface area (TPSA) is 64.6 Å². The highest BCUT2D eigenvalue weighted by atomic mass is 32.1. The largest absolute Gasteiger partial charge is 0.494 e.